The molecule has 9 nitrogen and oxygen atoms in total. The number of piperidine rings is 1. The van der Waals surface area contributed by atoms with Crippen LogP contribution in [0.4, 0.5) is 4.79 Å². The third-order valence-corrected chi connectivity index (χ3v) is 5.58. The van der Waals surface area contributed by atoms with E-state index >= 15 is 0 Å². The summed E-state index contributed by atoms with van der Waals surface area (Å²) in [4.78, 5) is 26.4. The molecule has 0 unspecified atom stereocenters. The number of carbonyl (C=O) groups is 2. The van der Waals surface area contributed by atoms with E-state index in [1.807, 2.05) is 23.6 Å². The first kappa shape index (κ1) is 20.6. The molecule has 1 aromatic heterocycles. The molecule has 1 aromatic rings. The highest BCUT2D eigenvalue weighted by molar-refractivity contribution is 5.94. The van der Waals surface area contributed by atoms with Crippen LogP contribution in [0.15, 0.2) is 0 Å². The van der Waals surface area contributed by atoms with Crippen molar-refractivity contribution < 1.29 is 19.1 Å². The summed E-state index contributed by atoms with van der Waals surface area (Å²) in [6.45, 7) is 5.35. The molecule has 0 atom stereocenters. The molecular formula is C19H31N5O4. The Labute approximate surface area is 165 Å². The minimum atomic E-state index is -0.290. The molecule has 1 saturated heterocycles. The molecule has 2 aliphatic heterocycles. The monoisotopic (exact) mass is 393 g/mol. The van der Waals surface area contributed by atoms with E-state index in [0.717, 1.165) is 30.5 Å². The van der Waals surface area contributed by atoms with Gasteiger partial charge in [-0.1, -0.05) is 6.92 Å². The molecule has 0 bridgehead atoms. The lowest BCUT2D eigenvalue weighted by Crippen LogP contribution is -2.53. The van der Waals surface area contributed by atoms with Crippen LogP contribution in [0.3, 0.4) is 0 Å². The van der Waals surface area contributed by atoms with Crippen LogP contribution in [0.2, 0.25) is 0 Å². The lowest BCUT2D eigenvalue weighted by atomic mass is 9.83. The third-order valence-electron chi connectivity index (χ3n) is 5.58. The number of urea groups is 1. The molecule has 1 spiro atoms. The van der Waals surface area contributed by atoms with Crippen molar-refractivity contribution in [1.29, 1.82) is 0 Å². The van der Waals surface area contributed by atoms with Crippen LogP contribution in [-0.2, 0) is 29.5 Å². The number of ether oxygens (including phenoxy) is 2. The summed E-state index contributed by atoms with van der Waals surface area (Å²) in [7, 11) is 3.50. The van der Waals surface area contributed by atoms with Crippen LogP contribution in [0.1, 0.15) is 47.9 Å². The van der Waals surface area contributed by atoms with Crippen LogP contribution in [0.5, 0.6) is 0 Å². The van der Waals surface area contributed by atoms with Gasteiger partial charge in [-0.05, 0) is 19.3 Å². The van der Waals surface area contributed by atoms with Gasteiger partial charge in [-0.2, -0.15) is 5.10 Å². The number of aromatic nitrogens is 2. The second kappa shape index (κ2) is 8.91. The maximum absolute atomic E-state index is 12.4. The topological polar surface area (TPSA) is 97.7 Å². The summed E-state index contributed by atoms with van der Waals surface area (Å²) in [6, 6.07) is -0.0567. The molecule has 0 saturated carbocycles. The Kier molecular flexibility index (Phi) is 6.56. The summed E-state index contributed by atoms with van der Waals surface area (Å²) in [5, 5.41) is 10.2. The molecule has 2 aliphatic rings. The van der Waals surface area contributed by atoms with Gasteiger partial charge < -0.3 is 25.0 Å². The molecular weight excluding hydrogens is 362 g/mol. The van der Waals surface area contributed by atoms with Gasteiger partial charge >= 0.3 is 6.03 Å². The SMILES string of the molecule is CCCNC(=O)c1nn(C)c2c1COC1(CCN(C(=O)NCCOC)CC1)C2. The van der Waals surface area contributed by atoms with Gasteiger partial charge in [-0.15, -0.1) is 0 Å². The average Bonchev–Trinajstić information content (AvgIpc) is 3.02. The van der Waals surface area contributed by atoms with E-state index in [0.29, 0.717) is 51.5 Å². The Bertz CT molecular complexity index is 709. The molecule has 28 heavy (non-hydrogen) atoms. The van der Waals surface area contributed by atoms with Gasteiger partial charge in [0.05, 0.1) is 18.8 Å². The van der Waals surface area contributed by atoms with E-state index < -0.39 is 0 Å². The van der Waals surface area contributed by atoms with E-state index in [9.17, 15) is 9.59 Å². The Morgan fingerprint density at radius 2 is 2.00 bits per heavy atom. The summed E-state index contributed by atoms with van der Waals surface area (Å²) < 4.78 is 13.0. The predicted molar refractivity (Wildman–Crippen MR) is 103 cm³/mol. The zero-order chi connectivity index (χ0) is 20.1. The first-order chi connectivity index (χ1) is 13.5. The molecule has 0 aromatic carbocycles. The molecule has 156 valence electrons. The van der Waals surface area contributed by atoms with Crippen molar-refractivity contribution in [2.24, 2.45) is 7.05 Å². The van der Waals surface area contributed by atoms with E-state index in [1.54, 1.807) is 7.11 Å². The summed E-state index contributed by atoms with van der Waals surface area (Å²) in [5.74, 6) is -0.138. The van der Waals surface area contributed by atoms with Crippen molar-refractivity contribution in [3.63, 3.8) is 0 Å². The number of rotatable bonds is 6. The van der Waals surface area contributed by atoms with E-state index in [1.165, 1.54) is 0 Å². The molecule has 3 heterocycles. The molecule has 2 N–H and O–H groups in total. The summed E-state index contributed by atoms with van der Waals surface area (Å²) in [6.07, 6.45) is 3.14. The first-order valence-corrected chi connectivity index (χ1v) is 9.98. The number of hydrogen-bond acceptors (Lipinski definition) is 5. The van der Waals surface area contributed by atoms with Gasteiger partial charge in [0.15, 0.2) is 5.69 Å². The van der Waals surface area contributed by atoms with Gasteiger partial charge in [0.25, 0.3) is 5.91 Å². The largest absolute Gasteiger partial charge is 0.383 e. The van der Waals surface area contributed by atoms with Gasteiger partial charge in [-0.25, -0.2) is 4.79 Å². The van der Waals surface area contributed by atoms with Crippen molar-refractivity contribution in [2.45, 2.75) is 44.8 Å². The lowest BCUT2D eigenvalue weighted by molar-refractivity contribution is -0.0982. The number of amides is 3. The van der Waals surface area contributed by atoms with Crippen molar-refractivity contribution >= 4 is 11.9 Å². The van der Waals surface area contributed by atoms with Crippen molar-refractivity contribution in [3.05, 3.63) is 17.0 Å². The van der Waals surface area contributed by atoms with E-state index in [-0.39, 0.29) is 17.5 Å². The fourth-order valence-electron chi connectivity index (χ4n) is 3.87. The van der Waals surface area contributed by atoms with Crippen LogP contribution < -0.4 is 10.6 Å². The Balaban J connectivity index is 1.62. The van der Waals surface area contributed by atoms with E-state index in [2.05, 4.69) is 15.7 Å². The molecule has 0 radical (unpaired) electrons. The standard InChI is InChI=1S/C19H31N5O4/c1-4-7-20-17(25)16-14-13-28-19(12-15(14)23(2)22-16)5-9-24(10-6-19)18(26)21-8-11-27-3/h4-13H2,1-3H3,(H,20,25)(H,21,26). The van der Waals surface area contributed by atoms with Gasteiger partial charge in [-0.3, -0.25) is 9.48 Å². The Morgan fingerprint density at radius 1 is 1.25 bits per heavy atom. The average molecular weight is 393 g/mol. The number of nitrogens with one attached hydrogen (secondary N) is 2. The highest BCUT2D eigenvalue weighted by Gasteiger charge is 2.42. The van der Waals surface area contributed by atoms with Crippen molar-refractivity contribution in [1.82, 2.24) is 25.3 Å². The van der Waals surface area contributed by atoms with Crippen molar-refractivity contribution in [3.8, 4) is 0 Å². The van der Waals surface area contributed by atoms with E-state index in [4.69, 9.17) is 9.47 Å². The fourth-order valence-corrected chi connectivity index (χ4v) is 3.87. The highest BCUT2D eigenvalue weighted by atomic mass is 16.5. The number of methoxy groups -OCH3 is 1. The van der Waals surface area contributed by atoms with Gasteiger partial charge in [0.1, 0.15) is 0 Å². The zero-order valence-corrected chi connectivity index (χ0v) is 17.0. The zero-order valence-electron chi connectivity index (χ0n) is 17.0. The summed E-state index contributed by atoms with van der Waals surface area (Å²) in [5.41, 5.74) is 2.13. The molecule has 1 fully saturated rings. The maximum atomic E-state index is 12.4. The predicted octanol–water partition coefficient (Wildman–Crippen LogP) is 0.823. The Morgan fingerprint density at radius 3 is 2.68 bits per heavy atom. The third kappa shape index (κ3) is 4.30. The molecule has 3 rings (SSSR count). The second-order valence-electron chi connectivity index (χ2n) is 7.51. The smallest absolute Gasteiger partial charge is 0.317 e. The number of likely N-dealkylation sites (tertiary alicyclic amines) is 1. The van der Waals surface area contributed by atoms with Crippen LogP contribution in [0.25, 0.3) is 0 Å². The number of aryl methyl sites for hydroxylation is 1. The lowest BCUT2D eigenvalue weighted by Gasteiger charge is -2.43. The second-order valence-corrected chi connectivity index (χ2v) is 7.51. The number of fused-ring (bicyclic) bond motifs is 1. The first-order valence-electron chi connectivity index (χ1n) is 9.98. The van der Waals surface area contributed by atoms with Crippen LogP contribution in [0, 0.1) is 0 Å². The molecule has 9 heteroatoms. The van der Waals surface area contributed by atoms with Gasteiger partial charge in [0.2, 0.25) is 0 Å². The molecule has 3 amide bonds. The summed E-state index contributed by atoms with van der Waals surface area (Å²) >= 11 is 0. The molecule has 0 aliphatic carbocycles. The minimum Gasteiger partial charge on any atom is -0.383 e. The van der Waals surface area contributed by atoms with Crippen LogP contribution >= 0.6 is 0 Å². The number of nitrogens with zero attached hydrogens (tertiary/aromatic N) is 3. The van der Waals surface area contributed by atoms with Crippen LogP contribution in [-0.4, -0.2) is 72.1 Å². The normalized spacial score (nSPS) is 18.0. The minimum absolute atomic E-state index is 0.0567. The quantitative estimate of drug-likeness (QED) is 0.698. The number of carbonyl (C=O) groups excluding carboxylic acids is 2. The fraction of sp³-hybridized carbons (Fsp3) is 0.737. The Hall–Kier alpha value is -2.13. The van der Waals surface area contributed by atoms with Gasteiger partial charge in [0, 0.05) is 58.0 Å². The van der Waals surface area contributed by atoms with Crippen molar-refractivity contribution in [2.75, 3.05) is 39.9 Å². The maximum Gasteiger partial charge on any atom is 0.317 e. The highest BCUT2D eigenvalue weighted by Crippen LogP contribution is 2.37. The number of hydrogen-bond donors (Lipinski definition) is 2.